The van der Waals surface area contributed by atoms with Crippen LogP contribution in [0.4, 0.5) is 0 Å². The fourth-order valence-electron chi connectivity index (χ4n) is 2.95. The van der Waals surface area contributed by atoms with Gasteiger partial charge in [0.25, 0.3) is 0 Å². The Morgan fingerprint density at radius 1 is 1.41 bits per heavy atom. The third-order valence-corrected chi connectivity index (χ3v) is 3.93. The van der Waals surface area contributed by atoms with Gasteiger partial charge in [0, 0.05) is 30.3 Å². The summed E-state index contributed by atoms with van der Waals surface area (Å²) in [5, 5.41) is 0. The molecular formula is C14H16N2O. The molecule has 2 atom stereocenters. The van der Waals surface area contributed by atoms with Gasteiger partial charge in [-0.25, -0.2) is 0 Å². The molecule has 3 heterocycles. The molecule has 0 saturated carbocycles. The maximum absolute atomic E-state index is 12.1. The molecule has 2 aliphatic rings. The second kappa shape index (κ2) is 4.08. The van der Waals surface area contributed by atoms with E-state index < -0.39 is 0 Å². The highest BCUT2D eigenvalue weighted by molar-refractivity contribution is 6.02. The lowest BCUT2D eigenvalue weighted by Crippen LogP contribution is -2.41. The Labute approximate surface area is 101 Å². The van der Waals surface area contributed by atoms with Crippen molar-refractivity contribution in [1.29, 1.82) is 0 Å². The van der Waals surface area contributed by atoms with Crippen LogP contribution in [-0.2, 0) is 4.79 Å². The largest absolute Gasteiger partial charge is 0.296 e. The number of ketones is 1. The second-order valence-corrected chi connectivity index (χ2v) is 4.89. The summed E-state index contributed by atoms with van der Waals surface area (Å²) in [5.74, 6) is 0.307. The smallest absolute Gasteiger partial charge is 0.162 e. The van der Waals surface area contributed by atoms with Crippen molar-refractivity contribution in [1.82, 2.24) is 9.88 Å². The highest BCUT2D eigenvalue weighted by Crippen LogP contribution is 2.36. The lowest BCUT2D eigenvalue weighted by molar-refractivity contribution is -0.118. The van der Waals surface area contributed by atoms with Crippen LogP contribution in [0.15, 0.2) is 30.0 Å². The molecule has 2 fully saturated rings. The molecule has 0 amide bonds. The van der Waals surface area contributed by atoms with Gasteiger partial charge >= 0.3 is 0 Å². The van der Waals surface area contributed by atoms with E-state index in [1.165, 1.54) is 0 Å². The SMILES string of the molecule is CN1C2CCC1C(=Cc1ccccn1)C(=O)C2. The Balaban J connectivity index is 1.96. The first-order valence-electron chi connectivity index (χ1n) is 6.13. The zero-order chi connectivity index (χ0) is 11.8. The number of aromatic nitrogens is 1. The van der Waals surface area contributed by atoms with Gasteiger partial charge in [0.15, 0.2) is 5.78 Å². The molecule has 0 aromatic carbocycles. The summed E-state index contributed by atoms with van der Waals surface area (Å²) in [6, 6.07) is 6.56. The van der Waals surface area contributed by atoms with E-state index in [9.17, 15) is 4.79 Å². The number of nitrogens with zero attached hydrogens (tertiary/aromatic N) is 2. The van der Waals surface area contributed by atoms with Crippen molar-refractivity contribution >= 4 is 11.9 Å². The minimum atomic E-state index is 0.307. The number of carbonyl (C=O) groups excluding carboxylic acids is 1. The van der Waals surface area contributed by atoms with Crippen molar-refractivity contribution in [2.24, 2.45) is 0 Å². The van der Waals surface area contributed by atoms with Crippen LogP contribution in [0.3, 0.4) is 0 Å². The van der Waals surface area contributed by atoms with Crippen LogP contribution >= 0.6 is 0 Å². The van der Waals surface area contributed by atoms with Crippen LogP contribution < -0.4 is 0 Å². The number of piperidine rings is 1. The predicted octanol–water partition coefficient (Wildman–Crippen LogP) is 1.90. The summed E-state index contributed by atoms with van der Waals surface area (Å²) in [7, 11) is 2.13. The third-order valence-electron chi connectivity index (χ3n) is 3.93. The van der Waals surface area contributed by atoms with E-state index >= 15 is 0 Å². The number of fused-ring (bicyclic) bond motifs is 2. The van der Waals surface area contributed by atoms with Crippen LogP contribution in [-0.4, -0.2) is 34.8 Å². The van der Waals surface area contributed by atoms with Gasteiger partial charge in [0.2, 0.25) is 0 Å². The predicted molar refractivity (Wildman–Crippen MR) is 66.4 cm³/mol. The quantitative estimate of drug-likeness (QED) is 0.688. The van der Waals surface area contributed by atoms with Crippen LogP contribution in [0.2, 0.25) is 0 Å². The third kappa shape index (κ3) is 1.80. The van der Waals surface area contributed by atoms with Crippen molar-refractivity contribution in [3.63, 3.8) is 0 Å². The van der Waals surface area contributed by atoms with Gasteiger partial charge in [0.05, 0.1) is 5.69 Å². The molecule has 0 N–H and O–H groups in total. The van der Waals surface area contributed by atoms with E-state index in [0.717, 1.165) is 24.1 Å². The molecule has 0 radical (unpaired) electrons. The van der Waals surface area contributed by atoms with E-state index in [0.29, 0.717) is 24.3 Å². The Morgan fingerprint density at radius 2 is 2.29 bits per heavy atom. The van der Waals surface area contributed by atoms with Crippen molar-refractivity contribution < 1.29 is 4.79 Å². The Bertz CT molecular complexity index is 466. The van der Waals surface area contributed by atoms with Gasteiger partial charge in [-0.3, -0.25) is 14.7 Å². The highest BCUT2D eigenvalue weighted by Gasteiger charge is 2.41. The summed E-state index contributed by atoms with van der Waals surface area (Å²) in [4.78, 5) is 18.7. The summed E-state index contributed by atoms with van der Waals surface area (Å²) < 4.78 is 0. The van der Waals surface area contributed by atoms with E-state index in [4.69, 9.17) is 0 Å². The number of likely N-dealkylation sites (N-methyl/N-ethyl adjacent to an activating group) is 1. The summed E-state index contributed by atoms with van der Waals surface area (Å²) in [6.45, 7) is 0. The molecule has 3 nitrogen and oxygen atoms in total. The maximum atomic E-state index is 12.1. The van der Waals surface area contributed by atoms with Gasteiger partial charge < -0.3 is 0 Å². The number of carbonyl (C=O) groups is 1. The second-order valence-electron chi connectivity index (χ2n) is 4.89. The molecule has 17 heavy (non-hydrogen) atoms. The van der Waals surface area contributed by atoms with Crippen LogP contribution in [0.25, 0.3) is 6.08 Å². The summed E-state index contributed by atoms with van der Waals surface area (Å²) >= 11 is 0. The molecule has 3 rings (SSSR count). The number of hydrogen-bond acceptors (Lipinski definition) is 3. The average Bonchev–Trinajstić information content (AvgIpc) is 2.59. The average molecular weight is 228 g/mol. The van der Waals surface area contributed by atoms with Gasteiger partial charge in [-0.05, 0) is 38.1 Å². The molecular weight excluding hydrogens is 212 g/mol. The van der Waals surface area contributed by atoms with Gasteiger partial charge in [-0.1, -0.05) is 6.07 Å². The lowest BCUT2D eigenvalue weighted by atomic mass is 9.95. The summed E-state index contributed by atoms with van der Waals surface area (Å²) in [6.07, 6.45) is 6.65. The first-order chi connectivity index (χ1) is 8.25. The fraction of sp³-hybridized carbons (Fsp3) is 0.429. The molecule has 0 spiro atoms. The topological polar surface area (TPSA) is 33.2 Å². The first-order valence-corrected chi connectivity index (χ1v) is 6.13. The van der Waals surface area contributed by atoms with Crippen molar-refractivity contribution in [2.45, 2.75) is 31.3 Å². The molecule has 2 unspecified atom stereocenters. The van der Waals surface area contributed by atoms with E-state index in [-0.39, 0.29) is 0 Å². The Kier molecular flexibility index (Phi) is 2.56. The number of pyridine rings is 1. The van der Waals surface area contributed by atoms with Gasteiger partial charge in [-0.15, -0.1) is 0 Å². The zero-order valence-corrected chi connectivity index (χ0v) is 9.97. The molecule has 1 aromatic heterocycles. The molecule has 1 aromatic rings. The first kappa shape index (κ1) is 10.7. The molecule has 2 saturated heterocycles. The number of rotatable bonds is 1. The fourth-order valence-corrected chi connectivity index (χ4v) is 2.95. The minimum Gasteiger partial charge on any atom is -0.296 e. The normalized spacial score (nSPS) is 31.1. The van der Waals surface area contributed by atoms with Crippen molar-refractivity contribution in [3.8, 4) is 0 Å². The van der Waals surface area contributed by atoms with E-state index in [2.05, 4.69) is 16.9 Å². The standard InChI is InChI=1S/C14H16N2O/c1-16-11-5-6-13(16)12(14(17)9-11)8-10-4-2-3-7-15-10/h2-4,7-8,11,13H,5-6,9H2,1H3. The van der Waals surface area contributed by atoms with Gasteiger partial charge in [-0.2, -0.15) is 0 Å². The maximum Gasteiger partial charge on any atom is 0.162 e. The highest BCUT2D eigenvalue weighted by atomic mass is 16.1. The van der Waals surface area contributed by atoms with Gasteiger partial charge in [0.1, 0.15) is 0 Å². The van der Waals surface area contributed by atoms with Crippen LogP contribution in [0.1, 0.15) is 25.0 Å². The molecule has 3 heteroatoms. The minimum absolute atomic E-state index is 0.307. The van der Waals surface area contributed by atoms with Crippen molar-refractivity contribution in [2.75, 3.05) is 7.05 Å². The molecule has 88 valence electrons. The Morgan fingerprint density at radius 3 is 3.06 bits per heavy atom. The lowest BCUT2D eigenvalue weighted by Gasteiger charge is -2.32. The molecule has 2 bridgehead atoms. The molecule has 2 aliphatic heterocycles. The summed E-state index contributed by atoms with van der Waals surface area (Å²) in [5.41, 5.74) is 1.83. The van der Waals surface area contributed by atoms with Crippen LogP contribution in [0, 0.1) is 0 Å². The van der Waals surface area contributed by atoms with Crippen molar-refractivity contribution in [3.05, 3.63) is 35.7 Å². The monoisotopic (exact) mass is 228 g/mol. The van der Waals surface area contributed by atoms with E-state index in [1.807, 2.05) is 24.3 Å². The zero-order valence-electron chi connectivity index (χ0n) is 9.97. The van der Waals surface area contributed by atoms with E-state index in [1.54, 1.807) is 6.20 Å². The van der Waals surface area contributed by atoms with Crippen LogP contribution in [0.5, 0.6) is 0 Å². The molecule has 0 aliphatic carbocycles. The Hall–Kier alpha value is -1.48. The number of Topliss-reactive ketones (excluding diaryl/α,β-unsaturated/α-hetero) is 1. The number of hydrogen-bond donors (Lipinski definition) is 0.